The van der Waals surface area contributed by atoms with Crippen LogP contribution in [0.15, 0.2) is 0 Å². The lowest BCUT2D eigenvalue weighted by molar-refractivity contribution is -0.138. The highest BCUT2D eigenvalue weighted by molar-refractivity contribution is 5.82. The van der Waals surface area contributed by atoms with Gasteiger partial charge in [-0.3, -0.25) is 10.1 Å². The lowest BCUT2D eigenvalue weighted by Gasteiger charge is -2.31. The van der Waals surface area contributed by atoms with Gasteiger partial charge in [-0.15, -0.1) is 0 Å². The molecule has 1 aliphatic heterocycles. The van der Waals surface area contributed by atoms with Crippen molar-refractivity contribution in [1.29, 1.82) is 5.26 Å². The smallest absolute Gasteiger partial charge is 0.240 e. The second-order valence-electron chi connectivity index (χ2n) is 4.20. The Morgan fingerprint density at radius 3 is 2.62 bits per heavy atom. The molecule has 0 radical (unpaired) electrons. The van der Waals surface area contributed by atoms with Gasteiger partial charge in [0, 0.05) is 13.1 Å². The molecule has 0 saturated carbocycles. The van der Waals surface area contributed by atoms with Crippen LogP contribution in [-0.2, 0) is 9.53 Å². The number of carbonyl (C=O) groups excluding carboxylic acids is 1. The molecule has 0 aromatic rings. The van der Waals surface area contributed by atoms with E-state index in [4.69, 9.17) is 10.00 Å². The molecule has 5 heteroatoms. The van der Waals surface area contributed by atoms with E-state index >= 15 is 0 Å². The largest absolute Gasteiger partial charge is 0.378 e. The van der Waals surface area contributed by atoms with Gasteiger partial charge in [0.1, 0.15) is 0 Å². The third-order valence-electron chi connectivity index (χ3n) is 2.66. The van der Waals surface area contributed by atoms with Crippen molar-refractivity contribution in [2.24, 2.45) is 5.92 Å². The van der Waals surface area contributed by atoms with Crippen molar-refractivity contribution in [1.82, 2.24) is 10.2 Å². The van der Waals surface area contributed by atoms with E-state index in [1.165, 1.54) is 0 Å². The van der Waals surface area contributed by atoms with Crippen LogP contribution in [0.1, 0.15) is 13.8 Å². The van der Waals surface area contributed by atoms with Crippen LogP contribution in [0, 0.1) is 17.2 Å². The van der Waals surface area contributed by atoms with Gasteiger partial charge in [0.2, 0.25) is 5.91 Å². The maximum absolute atomic E-state index is 12.1. The summed E-state index contributed by atoms with van der Waals surface area (Å²) in [7, 11) is 0. The average Bonchev–Trinajstić information content (AvgIpc) is 2.30. The highest BCUT2D eigenvalue weighted by atomic mass is 16.5. The third-order valence-corrected chi connectivity index (χ3v) is 2.66. The van der Waals surface area contributed by atoms with Gasteiger partial charge in [-0.05, 0) is 5.92 Å². The van der Waals surface area contributed by atoms with Crippen LogP contribution in [0.4, 0.5) is 0 Å². The highest BCUT2D eigenvalue weighted by Gasteiger charge is 2.27. The minimum atomic E-state index is -0.266. The number of nitrogens with one attached hydrogen (secondary N) is 1. The van der Waals surface area contributed by atoms with Crippen molar-refractivity contribution in [3.05, 3.63) is 0 Å². The van der Waals surface area contributed by atoms with Gasteiger partial charge in [0.15, 0.2) is 0 Å². The van der Waals surface area contributed by atoms with Gasteiger partial charge >= 0.3 is 0 Å². The van der Waals surface area contributed by atoms with E-state index in [2.05, 4.69) is 5.32 Å². The van der Waals surface area contributed by atoms with E-state index in [9.17, 15) is 4.79 Å². The van der Waals surface area contributed by atoms with Gasteiger partial charge < -0.3 is 9.64 Å². The minimum absolute atomic E-state index is 0.0774. The molecule has 1 saturated heterocycles. The zero-order valence-electron chi connectivity index (χ0n) is 9.90. The van der Waals surface area contributed by atoms with E-state index in [0.29, 0.717) is 26.3 Å². The fourth-order valence-corrected chi connectivity index (χ4v) is 1.74. The fourth-order valence-electron chi connectivity index (χ4n) is 1.74. The van der Waals surface area contributed by atoms with Crippen molar-refractivity contribution in [3.8, 4) is 6.07 Å². The Balaban J connectivity index is 2.55. The summed E-state index contributed by atoms with van der Waals surface area (Å²) >= 11 is 0. The summed E-state index contributed by atoms with van der Waals surface area (Å²) in [5.41, 5.74) is 0. The summed E-state index contributed by atoms with van der Waals surface area (Å²) in [5, 5.41) is 11.5. The van der Waals surface area contributed by atoms with Crippen LogP contribution in [0.2, 0.25) is 0 Å². The standard InChI is InChI=1S/C11H19N3O2/c1-9(2)10(13-4-3-12)11(15)14-5-7-16-8-6-14/h9-10,13H,4-8H2,1-2H3. The fraction of sp³-hybridized carbons (Fsp3) is 0.818. The number of nitriles is 1. The summed E-state index contributed by atoms with van der Waals surface area (Å²) in [4.78, 5) is 13.9. The first-order valence-corrected chi connectivity index (χ1v) is 5.63. The molecule has 1 atom stereocenters. The van der Waals surface area contributed by atoms with Gasteiger partial charge in [-0.25, -0.2) is 0 Å². The second-order valence-corrected chi connectivity index (χ2v) is 4.20. The predicted molar refractivity (Wildman–Crippen MR) is 59.6 cm³/mol. The van der Waals surface area contributed by atoms with Crippen molar-refractivity contribution in [3.63, 3.8) is 0 Å². The zero-order valence-corrected chi connectivity index (χ0v) is 9.90. The van der Waals surface area contributed by atoms with Crippen molar-refractivity contribution in [2.45, 2.75) is 19.9 Å². The zero-order chi connectivity index (χ0) is 12.0. The summed E-state index contributed by atoms with van der Waals surface area (Å²) < 4.78 is 5.20. The Labute approximate surface area is 96.4 Å². The monoisotopic (exact) mass is 225 g/mol. The minimum Gasteiger partial charge on any atom is -0.378 e. The summed E-state index contributed by atoms with van der Waals surface area (Å²) in [6.45, 7) is 6.68. The van der Waals surface area contributed by atoms with E-state index in [1.807, 2.05) is 19.9 Å². The summed E-state index contributed by atoms with van der Waals surface area (Å²) in [5.74, 6) is 0.261. The Hall–Kier alpha value is -1.12. The van der Waals surface area contributed by atoms with Gasteiger partial charge in [0.25, 0.3) is 0 Å². The van der Waals surface area contributed by atoms with Crippen LogP contribution in [0.3, 0.4) is 0 Å². The van der Waals surface area contributed by atoms with E-state index in [-0.39, 0.29) is 24.4 Å². The van der Waals surface area contributed by atoms with Crippen molar-refractivity contribution < 1.29 is 9.53 Å². The highest BCUT2D eigenvalue weighted by Crippen LogP contribution is 2.08. The first-order valence-electron chi connectivity index (χ1n) is 5.63. The normalized spacial score (nSPS) is 18.2. The molecule has 1 heterocycles. The summed E-state index contributed by atoms with van der Waals surface area (Å²) in [6.07, 6.45) is 0. The van der Waals surface area contributed by atoms with Gasteiger partial charge in [-0.2, -0.15) is 5.26 Å². The Morgan fingerprint density at radius 1 is 1.50 bits per heavy atom. The number of amides is 1. The number of ether oxygens (including phenoxy) is 1. The van der Waals surface area contributed by atoms with Crippen molar-refractivity contribution in [2.75, 3.05) is 32.8 Å². The van der Waals surface area contributed by atoms with Crippen LogP contribution < -0.4 is 5.32 Å². The third kappa shape index (κ3) is 3.47. The van der Waals surface area contributed by atoms with Gasteiger partial charge in [-0.1, -0.05) is 13.8 Å². The first kappa shape index (κ1) is 12.9. The molecule has 1 amide bonds. The number of nitrogens with zero attached hydrogens (tertiary/aromatic N) is 2. The lowest BCUT2D eigenvalue weighted by Crippen LogP contribution is -2.52. The average molecular weight is 225 g/mol. The molecule has 1 aliphatic rings. The molecule has 0 aromatic carbocycles. The SMILES string of the molecule is CC(C)C(NCC#N)C(=O)N1CCOCC1. The summed E-state index contributed by atoms with van der Waals surface area (Å²) in [6, 6.07) is 1.74. The molecule has 16 heavy (non-hydrogen) atoms. The number of rotatable bonds is 4. The lowest BCUT2D eigenvalue weighted by atomic mass is 10.0. The maximum atomic E-state index is 12.1. The van der Waals surface area contributed by atoms with Crippen LogP contribution >= 0.6 is 0 Å². The van der Waals surface area contributed by atoms with E-state index in [0.717, 1.165) is 0 Å². The molecular weight excluding hydrogens is 206 g/mol. The number of morpholine rings is 1. The number of carbonyl (C=O) groups is 1. The molecular formula is C11H19N3O2. The number of hydrogen-bond acceptors (Lipinski definition) is 4. The molecule has 1 fully saturated rings. The molecule has 1 N–H and O–H groups in total. The molecule has 0 spiro atoms. The Morgan fingerprint density at radius 2 is 2.12 bits per heavy atom. The van der Waals surface area contributed by atoms with Crippen LogP contribution in [0.25, 0.3) is 0 Å². The molecule has 1 unspecified atom stereocenters. The molecule has 0 bridgehead atoms. The molecule has 1 rings (SSSR count). The molecule has 0 aromatic heterocycles. The molecule has 0 aliphatic carbocycles. The van der Waals surface area contributed by atoms with Gasteiger partial charge in [0.05, 0.1) is 31.9 Å². The quantitative estimate of drug-likeness (QED) is 0.683. The molecule has 5 nitrogen and oxygen atoms in total. The van der Waals surface area contributed by atoms with Crippen LogP contribution in [0.5, 0.6) is 0 Å². The topological polar surface area (TPSA) is 65.4 Å². The Bertz CT molecular complexity index is 267. The second kappa shape index (κ2) is 6.46. The maximum Gasteiger partial charge on any atom is 0.240 e. The molecule has 90 valence electrons. The predicted octanol–water partition coefficient (Wildman–Crippen LogP) is -0.0170. The van der Waals surface area contributed by atoms with E-state index < -0.39 is 0 Å². The van der Waals surface area contributed by atoms with Crippen LogP contribution in [-0.4, -0.2) is 49.7 Å². The Kier molecular flexibility index (Phi) is 5.23. The van der Waals surface area contributed by atoms with E-state index in [1.54, 1.807) is 4.90 Å². The first-order chi connectivity index (χ1) is 7.66. The van der Waals surface area contributed by atoms with Crippen molar-refractivity contribution >= 4 is 5.91 Å². The number of hydrogen-bond donors (Lipinski definition) is 1.